The summed E-state index contributed by atoms with van der Waals surface area (Å²) < 4.78 is 5.56. The zero-order valence-electron chi connectivity index (χ0n) is 18.7. The molecule has 7 atom stereocenters. The Labute approximate surface area is 179 Å². The van der Waals surface area contributed by atoms with E-state index in [4.69, 9.17) is 4.74 Å². The molecule has 1 N–H and O–H groups in total. The van der Waals surface area contributed by atoms with Crippen molar-refractivity contribution >= 4 is 11.8 Å². The minimum atomic E-state index is -0.549. The van der Waals surface area contributed by atoms with Crippen LogP contribution in [0, 0.1) is 36.0 Å². The molecule has 4 aliphatic rings. The van der Waals surface area contributed by atoms with Gasteiger partial charge in [0.15, 0.2) is 0 Å². The summed E-state index contributed by atoms with van der Waals surface area (Å²) in [6.07, 6.45) is 6.74. The third-order valence-corrected chi connectivity index (χ3v) is 9.58. The Kier molecular flexibility index (Phi) is 4.40. The lowest BCUT2D eigenvalue weighted by Gasteiger charge is -2.59. The van der Waals surface area contributed by atoms with E-state index in [0.29, 0.717) is 35.7 Å². The van der Waals surface area contributed by atoms with Gasteiger partial charge in [0.1, 0.15) is 17.6 Å². The summed E-state index contributed by atoms with van der Waals surface area (Å²) in [6.45, 7) is 8.02. The standard InChI is InChI=1S/C26H34O4/c1-14-9-16-11-21-19-6-5-17-12-18(30-15(2)27)7-8-25(17,3)20(19)13-23(29)26(21,4)24(16)22(28)10-14/h9-10,17-21,28H,5-8,11-13H2,1-4H3/t17-,18-,19-,20-,21-,25+,26+/m1/s1. The van der Waals surface area contributed by atoms with Gasteiger partial charge in [-0.2, -0.15) is 0 Å². The van der Waals surface area contributed by atoms with Crippen molar-refractivity contribution in [2.24, 2.45) is 29.1 Å². The van der Waals surface area contributed by atoms with Gasteiger partial charge in [0, 0.05) is 18.9 Å². The van der Waals surface area contributed by atoms with Crippen molar-refractivity contribution in [3.05, 3.63) is 28.8 Å². The quantitative estimate of drug-likeness (QED) is 0.671. The van der Waals surface area contributed by atoms with Crippen molar-refractivity contribution in [1.82, 2.24) is 0 Å². The Morgan fingerprint density at radius 1 is 1.13 bits per heavy atom. The molecular weight excluding hydrogens is 376 g/mol. The van der Waals surface area contributed by atoms with Crippen molar-refractivity contribution in [1.29, 1.82) is 0 Å². The minimum absolute atomic E-state index is 0.0392. The number of hydrogen-bond donors (Lipinski definition) is 1. The number of ketones is 1. The lowest BCUT2D eigenvalue weighted by atomic mass is 9.44. The Morgan fingerprint density at radius 3 is 2.63 bits per heavy atom. The van der Waals surface area contributed by atoms with E-state index in [1.165, 1.54) is 12.5 Å². The Balaban J connectivity index is 1.48. The van der Waals surface area contributed by atoms with Crippen LogP contribution in [0.2, 0.25) is 0 Å². The minimum Gasteiger partial charge on any atom is -0.508 e. The van der Waals surface area contributed by atoms with E-state index in [1.807, 2.05) is 13.0 Å². The maximum atomic E-state index is 13.7. The number of aromatic hydroxyl groups is 1. The van der Waals surface area contributed by atoms with Crippen molar-refractivity contribution < 1.29 is 19.4 Å². The number of phenolic OH excluding ortho intramolecular Hbond substituents is 1. The average Bonchev–Trinajstić information content (AvgIpc) is 2.96. The zero-order chi connectivity index (χ0) is 21.4. The van der Waals surface area contributed by atoms with E-state index < -0.39 is 5.41 Å². The third-order valence-electron chi connectivity index (χ3n) is 9.58. The van der Waals surface area contributed by atoms with Crippen LogP contribution in [0.4, 0.5) is 0 Å². The fourth-order valence-corrected chi connectivity index (χ4v) is 8.17. The molecule has 4 heteroatoms. The highest BCUT2D eigenvalue weighted by Crippen LogP contribution is 2.65. The average molecular weight is 411 g/mol. The third kappa shape index (κ3) is 2.64. The molecule has 1 aromatic rings. The number of carbonyl (C=O) groups excluding carboxylic acids is 2. The summed E-state index contributed by atoms with van der Waals surface area (Å²) in [4.78, 5) is 25.2. The fourth-order valence-electron chi connectivity index (χ4n) is 8.17. The second-order valence-corrected chi connectivity index (χ2v) is 11.0. The normalized spacial score (nSPS) is 42.0. The first-order chi connectivity index (χ1) is 14.1. The van der Waals surface area contributed by atoms with Crippen LogP contribution in [0.5, 0.6) is 5.75 Å². The van der Waals surface area contributed by atoms with E-state index in [2.05, 4.69) is 19.9 Å². The van der Waals surface area contributed by atoms with Gasteiger partial charge in [0.05, 0.1) is 5.41 Å². The number of esters is 1. The van der Waals surface area contributed by atoms with Gasteiger partial charge in [0.2, 0.25) is 0 Å². The van der Waals surface area contributed by atoms with Crippen LogP contribution >= 0.6 is 0 Å². The van der Waals surface area contributed by atoms with E-state index in [-0.39, 0.29) is 23.4 Å². The topological polar surface area (TPSA) is 63.6 Å². The van der Waals surface area contributed by atoms with Gasteiger partial charge in [-0.05, 0) is 98.7 Å². The smallest absolute Gasteiger partial charge is 0.302 e. The number of carbonyl (C=O) groups is 2. The highest BCUT2D eigenvalue weighted by molar-refractivity contribution is 5.93. The molecule has 0 unspecified atom stereocenters. The predicted molar refractivity (Wildman–Crippen MR) is 114 cm³/mol. The second-order valence-electron chi connectivity index (χ2n) is 11.0. The predicted octanol–water partition coefficient (Wildman–Crippen LogP) is 4.87. The summed E-state index contributed by atoms with van der Waals surface area (Å²) in [7, 11) is 0. The van der Waals surface area contributed by atoms with Crippen LogP contribution < -0.4 is 0 Å². The Morgan fingerprint density at radius 2 is 1.90 bits per heavy atom. The number of aryl methyl sites for hydroxylation is 1. The van der Waals surface area contributed by atoms with Crippen LogP contribution in [0.1, 0.15) is 76.0 Å². The monoisotopic (exact) mass is 410 g/mol. The van der Waals surface area contributed by atoms with Crippen LogP contribution in [0.25, 0.3) is 0 Å². The van der Waals surface area contributed by atoms with E-state index in [1.54, 1.807) is 0 Å². The maximum absolute atomic E-state index is 13.7. The number of rotatable bonds is 1. The molecule has 0 spiro atoms. The molecule has 162 valence electrons. The molecule has 3 saturated carbocycles. The highest BCUT2D eigenvalue weighted by atomic mass is 16.5. The first kappa shape index (κ1) is 20.1. The summed E-state index contributed by atoms with van der Waals surface area (Å²) in [5, 5.41) is 10.8. The van der Waals surface area contributed by atoms with Gasteiger partial charge in [0.25, 0.3) is 0 Å². The molecular formula is C26H34O4. The summed E-state index contributed by atoms with van der Waals surface area (Å²) in [6, 6.07) is 4.00. The van der Waals surface area contributed by atoms with E-state index in [9.17, 15) is 14.7 Å². The largest absolute Gasteiger partial charge is 0.508 e. The molecule has 0 bridgehead atoms. The maximum Gasteiger partial charge on any atom is 0.302 e. The molecule has 0 aromatic heterocycles. The molecule has 4 nitrogen and oxygen atoms in total. The van der Waals surface area contributed by atoms with Crippen molar-refractivity contribution in [3.8, 4) is 5.75 Å². The molecule has 0 amide bonds. The van der Waals surface area contributed by atoms with Crippen molar-refractivity contribution in [2.75, 3.05) is 0 Å². The van der Waals surface area contributed by atoms with Crippen LogP contribution in [0.15, 0.2) is 12.1 Å². The van der Waals surface area contributed by atoms with Gasteiger partial charge >= 0.3 is 5.97 Å². The SMILES string of the molecule is CC(=O)O[C@@H]1CC[C@@]2(C)[C@H](CC[C@@H]3[C@H]2CC(=O)[C@@]2(C)c4c(O)cc(C)cc4C[C@H]32)C1. The zero-order valence-corrected chi connectivity index (χ0v) is 18.7. The molecule has 1 aromatic carbocycles. The van der Waals surface area contributed by atoms with E-state index >= 15 is 0 Å². The lowest BCUT2D eigenvalue weighted by molar-refractivity contribution is -0.160. The van der Waals surface area contributed by atoms with Gasteiger partial charge in [-0.25, -0.2) is 0 Å². The molecule has 5 rings (SSSR count). The summed E-state index contributed by atoms with van der Waals surface area (Å²) in [5.41, 5.74) is 2.75. The molecule has 30 heavy (non-hydrogen) atoms. The first-order valence-electron chi connectivity index (χ1n) is 11.7. The van der Waals surface area contributed by atoms with Crippen LogP contribution in [-0.2, 0) is 26.2 Å². The molecule has 0 saturated heterocycles. The number of hydrogen-bond acceptors (Lipinski definition) is 4. The Bertz CT molecular complexity index is 920. The highest BCUT2D eigenvalue weighted by Gasteiger charge is 2.63. The fraction of sp³-hybridized carbons (Fsp3) is 0.692. The van der Waals surface area contributed by atoms with Gasteiger partial charge in [-0.1, -0.05) is 13.0 Å². The molecule has 0 radical (unpaired) electrons. The lowest BCUT2D eigenvalue weighted by Crippen LogP contribution is -2.57. The number of benzene rings is 1. The van der Waals surface area contributed by atoms with Crippen molar-refractivity contribution in [3.63, 3.8) is 0 Å². The number of Topliss-reactive ketones (excluding diaryl/α,β-unsaturated/α-hetero) is 1. The Hall–Kier alpha value is -1.84. The molecule has 0 aliphatic heterocycles. The van der Waals surface area contributed by atoms with Gasteiger partial charge in [-0.3, -0.25) is 9.59 Å². The van der Waals surface area contributed by atoms with Crippen LogP contribution in [-0.4, -0.2) is 23.0 Å². The first-order valence-corrected chi connectivity index (χ1v) is 11.7. The van der Waals surface area contributed by atoms with Gasteiger partial charge < -0.3 is 9.84 Å². The molecule has 3 fully saturated rings. The number of ether oxygens (including phenoxy) is 1. The van der Waals surface area contributed by atoms with Crippen molar-refractivity contribution in [2.45, 2.75) is 84.2 Å². The van der Waals surface area contributed by atoms with Gasteiger partial charge in [-0.15, -0.1) is 0 Å². The summed E-state index contributed by atoms with van der Waals surface area (Å²) in [5.74, 6) is 2.17. The summed E-state index contributed by atoms with van der Waals surface area (Å²) >= 11 is 0. The number of phenols is 1. The molecule has 4 aliphatic carbocycles. The second kappa shape index (κ2) is 6.58. The molecule has 0 heterocycles. The number of fused-ring (bicyclic) bond motifs is 7. The van der Waals surface area contributed by atoms with E-state index in [0.717, 1.165) is 49.7 Å². The van der Waals surface area contributed by atoms with Crippen LogP contribution in [0.3, 0.4) is 0 Å².